The summed E-state index contributed by atoms with van der Waals surface area (Å²) in [6.45, 7) is 10.7. The summed E-state index contributed by atoms with van der Waals surface area (Å²) in [6.07, 6.45) is 2.55. The van der Waals surface area contributed by atoms with E-state index >= 15 is 0 Å². The van der Waals surface area contributed by atoms with E-state index in [4.69, 9.17) is 19.6 Å². The lowest BCUT2D eigenvalue weighted by atomic mass is 9.96. The van der Waals surface area contributed by atoms with Crippen LogP contribution in [0.3, 0.4) is 0 Å². The molecule has 3 aromatic rings. The zero-order valence-corrected chi connectivity index (χ0v) is 21.8. The van der Waals surface area contributed by atoms with E-state index in [0.717, 1.165) is 23.5 Å². The number of benzene rings is 2. The summed E-state index contributed by atoms with van der Waals surface area (Å²) in [5, 5.41) is 8.65. The highest BCUT2D eigenvalue weighted by molar-refractivity contribution is 7.98. The first-order valence-corrected chi connectivity index (χ1v) is 13.1. The highest BCUT2D eigenvalue weighted by Crippen LogP contribution is 2.37. The lowest BCUT2D eigenvalue weighted by Gasteiger charge is -2.28. The number of carbonyl (C=O) groups excluding carboxylic acids is 1. The minimum atomic E-state index is -0.484. The molecule has 0 saturated heterocycles. The van der Waals surface area contributed by atoms with Gasteiger partial charge in [0.15, 0.2) is 0 Å². The van der Waals surface area contributed by atoms with Crippen molar-refractivity contribution in [1.29, 1.82) is 0 Å². The van der Waals surface area contributed by atoms with E-state index in [0.29, 0.717) is 34.9 Å². The summed E-state index contributed by atoms with van der Waals surface area (Å²) in [6, 6.07) is 17.5. The molecule has 2 heterocycles. The Morgan fingerprint density at radius 3 is 2.64 bits per heavy atom. The second-order valence-electron chi connectivity index (χ2n) is 8.99. The quantitative estimate of drug-likeness (QED) is 0.194. The van der Waals surface area contributed by atoms with Gasteiger partial charge in [-0.15, -0.1) is 5.10 Å². The first-order valence-electron chi connectivity index (χ1n) is 12.1. The highest BCUT2D eigenvalue weighted by Gasteiger charge is 2.35. The van der Waals surface area contributed by atoms with Gasteiger partial charge in [-0.2, -0.15) is 4.98 Å². The van der Waals surface area contributed by atoms with Gasteiger partial charge in [-0.3, -0.25) is 0 Å². The van der Waals surface area contributed by atoms with E-state index in [1.807, 2.05) is 49.4 Å². The van der Waals surface area contributed by atoms with Crippen LogP contribution in [0.5, 0.6) is 5.75 Å². The Hall–Kier alpha value is -3.52. The van der Waals surface area contributed by atoms with E-state index in [-0.39, 0.29) is 6.61 Å². The Balaban J connectivity index is 1.62. The first kappa shape index (κ1) is 25.6. The predicted octanol–water partition coefficient (Wildman–Crippen LogP) is 6.01. The smallest absolute Gasteiger partial charge is 0.338 e. The lowest BCUT2D eigenvalue weighted by Crippen LogP contribution is -2.29. The van der Waals surface area contributed by atoms with Crippen molar-refractivity contribution in [1.82, 2.24) is 14.8 Å². The second kappa shape index (κ2) is 11.9. The molecule has 0 saturated carbocycles. The average molecular weight is 505 g/mol. The van der Waals surface area contributed by atoms with Gasteiger partial charge in [-0.1, -0.05) is 80.7 Å². The van der Waals surface area contributed by atoms with Crippen molar-refractivity contribution in [3.8, 4) is 5.75 Å². The number of nitrogens with zero attached hydrogens (tertiary/aromatic N) is 3. The number of ether oxygens (including phenoxy) is 2. The Bertz CT molecular complexity index is 1220. The highest BCUT2D eigenvalue weighted by atomic mass is 32.2. The zero-order valence-electron chi connectivity index (χ0n) is 20.9. The molecule has 1 atom stereocenters. The van der Waals surface area contributed by atoms with Crippen LogP contribution in [-0.4, -0.2) is 33.9 Å². The molecular formula is C28H32N4O3S. The molecule has 0 fully saturated rings. The number of nitrogens with one attached hydrogen (secondary N) is 1. The zero-order chi connectivity index (χ0) is 25.5. The fourth-order valence-corrected chi connectivity index (χ4v) is 4.64. The van der Waals surface area contributed by atoms with E-state index in [1.54, 1.807) is 22.5 Å². The maximum absolute atomic E-state index is 13.1. The number of anilines is 1. The normalized spacial score (nSPS) is 14.8. The third kappa shape index (κ3) is 6.18. The maximum atomic E-state index is 13.1. The Morgan fingerprint density at radius 1 is 1.19 bits per heavy atom. The van der Waals surface area contributed by atoms with Crippen LogP contribution in [0.2, 0.25) is 0 Å². The molecule has 188 valence electrons. The van der Waals surface area contributed by atoms with Crippen LogP contribution in [-0.2, 0) is 15.3 Å². The van der Waals surface area contributed by atoms with Gasteiger partial charge in [-0.25, -0.2) is 9.48 Å². The van der Waals surface area contributed by atoms with Gasteiger partial charge >= 0.3 is 5.97 Å². The Morgan fingerprint density at radius 2 is 1.94 bits per heavy atom. The monoisotopic (exact) mass is 504 g/mol. The van der Waals surface area contributed by atoms with Crippen LogP contribution in [0.15, 0.2) is 83.7 Å². The van der Waals surface area contributed by atoms with E-state index < -0.39 is 12.0 Å². The topological polar surface area (TPSA) is 78.3 Å². The number of allylic oxidation sites excluding steroid dienone is 1. The number of fused-ring (bicyclic) bond motifs is 1. The van der Waals surface area contributed by atoms with Crippen LogP contribution >= 0.6 is 11.8 Å². The molecule has 7 nitrogen and oxygen atoms in total. The Labute approximate surface area is 216 Å². The number of thioether (sulfide) groups is 1. The first-order chi connectivity index (χ1) is 17.5. The molecule has 0 bridgehead atoms. The summed E-state index contributed by atoms with van der Waals surface area (Å²) in [5.41, 5.74) is 3.26. The molecule has 1 aliphatic rings. The van der Waals surface area contributed by atoms with Gasteiger partial charge in [0.05, 0.1) is 12.2 Å². The Kier molecular flexibility index (Phi) is 8.48. The minimum Gasteiger partial charge on any atom is -0.494 e. The summed E-state index contributed by atoms with van der Waals surface area (Å²) in [7, 11) is 0. The minimum absolute atomic E-state index is 0.132. The molecular weight excluding hydrogens is 472 g/mol. The van der Waals surface area contributed by atoms with E-state index in [1.165, 1.54) is 5.56 Å². The summed E-state index contributed by atoms with van der Waals surface area (Å²) >= 11 is 1.55. The molecule has 1 aromatic heterocycles. The lowest BCUT2D eigenvalue weighted by molar-refractivity contribution is -0.138. The van der Waals surface area contributed by atoms with Crippen molar-refractivity contribution in [2.45, 2.75) is 44.1 Å². The molecule has 1 aliphatic heterocycles. The van der Waals surface area contributed by atoms with Crippen LogP contribution in [0.25, 0.3) is 0 Å². The van der Waals surface area contributed by atoms with Crippen molar-refractivity contribution in [2.24, 2.45) is 5.92 Å². The van der Waals surface area contributed by atoms with Gasteiger partial charge in [0.1, 0.15) is 18.4 Å². The van der Waals surface area contributed by atoms with Crippen LogP contribution < -0.4 is 10.1 Å². The summed E-state index contributed by atoms with van der Waals surface area (Å²) in [5.74, 6) is 2.30. The third-order valence-corrected chi connectivity index (χ3v) is 6.66. The standard InChI is InChI=1S/C28H32N4O3S/c1-5-16-35-26(33)24-20(4)29-27-30-28(36-18-21-9-7-6-8-10-21)31-32(27)25(24)22-11-13-23(14-12-22)34-17-15-19(2)3/h5-14,19,25H,1,15-18H2,2-4H3,(H,29,30,31). The fourth-order valence-electron chi connectivity index (χ4n) is 3.86. The number of rotatable bonds is 11. The predicted molar refractivity (Wildman–Crippen MR) is 143 cm³/mol. The molecule has 1 unspecified atom stereocenters. The maximum Gasteiger partial charge on any atom is 0.338 e. The number of esters is 1. The fraction of sp³-hybridized carbons (Fsp3) is 0.321. The summed E-state index contributed by atoms with van der Waals surface area (Å²) < 4.78 is 13.1. The van der Waals surface area contributed by atoms with Crippen molar-refractivity contribution in [3.63, 3.8) is 0 Å². The molecule has 0 aliphatic carbocycles. The SMILES string of the molecule is C=CCOC(=O)C1=C(C)Nc2nc(SCc3ccccc3)nn2C1c1ccc(OCCC(C)C)cc1. The molecule has 1 N–H and O–H groups in total. The van der Waals surface area contributed by atoms with Gasteiger partial charge in [0.25, 0.3) is 0 Å². The number of hydrogen-bond donors (Lipinski definition) is 1. The molecule has 8 heteroatoms. The molecule has 0 radical (unpaired) electrons. The molecule has 0 amide bonds. The largest absolute Gasteiger partial charge is 0.494 e. The average Bonchev–Trinajstić information content (AvgIpc) is 3.28. The van der Waals surface area contributed by atoms with Crippen molar-refractivity contribution in [3.05, 3.63) is 89.6 Å². The number of aromatic nitrogens is 3. The molecule has 36 heavy (non-hydrogen) atoms. The number of carbonyl (C=O) groups is 1. The van der Waals surface area contributed by atoms with Crippen LogP contribution in [0.4, 0.5) is 5.95 Å². The number of hydrogen-bond acceptors (Lipinski definition) is 7. The van der Waals surface area contributed by atoms with Crippen molar-refractivity contribution in [2.75, 3.05) is 18.5 Å². The van der Waals surface area contributed by atoms with Gasteiger partial charge in [0, 0.05) is 11.4 Å². The summed E-state index contributed by atoms with van der Waals surface area (Å²) in [4.78, 5) is 17.8. The van der Waals surface area contributed by atoms with Crippen molar-refractivity contribution >= 4 is 23.7 Å². The molecule has 4 rings (SSSR count). The van der Waals surface area contributed by atoms with E-state index in [2.05, 4.69) is 37.9 Å². The van der Waals surface area contributed by atoms with Crippen LogP contribution in [0, 0.1) is 5.92 Å². The third-order valence-electron chi connectivity index (χ3n) is 5.76. The molecule has 2 aromatic carbocycles. The van der Waals surface area contributed by atoms with Gasteiger partial charge in [0.2, 0.25) is 11.1 Å². The second-order valence-corrected chi connectivity index (χ2v) is 9.93. The molecule has 0 spiro atoms. The van der Waals surface area contributed by atoms with Crippen molar-refractivity contribution < 1.29 is 14.3 Å². The van der Waals surface area contributed by atoms with E-state index in [9.17, 15) is 4.79 Å². The van der Waals surface area contributed by atoms with Gasteiger partial charge in [-0.05, 0) is 42.5 Å². The van der Waals surface area contributed by atoms with Gasteiger partial charge < -0.3 is 14.8 Å². The van der Waals surface area contributed by atoms with Crippen LogP contribution in [0.1, 0.15) is 44.4 Å².